The molecule has 2 atom stereocenters. The minimum atomic E-state index is -0.568. The Morgan fingerprint density at radius 3 is 2.22 bits per heavy atom. The third kappa shape index (κ3) is 4.74. The lowest BCUT2D eigenvalue weighted by Gasteiger charge is -2.21. The highest BCUT2D eigenvalue weighted by atomic mass is 16.5. The summed E-state index contributed by atoms with van der Waals surface area (Å²) in [4.78, 5) is 12.4. The molecule has 0 saturated heterocycles. The van der Waals surface area contributed by atoms with Gasteiger partial charge in [-0.05, 0) is 43.2 Å². The van der Waals surface area contributed by atoms with Gasteiger partial charge >= 0.3 is 0 Å². The smallest absolute Gasteiger partial charge is 0.261 e. The van der Waals surface area contributed by atoms with Crippen molar-refractivity contribution in [2.75, 3.05) is 7.11 Å². The van der Waals surface area contributed by atoms with E-state index in [4.69, 9.17) is 9.47 Å². The van der Waals surface area contributed by atoms with E-state index in [2.05, 4.69) is 5.32 Å². The number of hydrogen-bond donors (Lipinski definition) is 1. The van der Waals surface area contributed by atoms with Gasteiger partial charge in [0.2, 0.25) is 0 Å². The Labute approximate surface area is 137 Å². The van der Waals surface area contributed by atoms with Gasteiger partial charge < -0.3 is 14.8 Å². The minimum Gasteiger partial charge on any atom is -0.497 e. The highest BCUT2D eigenvalue weighted by Crippen LogP contribution is 2.19. The van der Waals surface area contributed by atoms with E-state index >= 15 is 0 Å². The van der Waals surface area contributed by atoms with Crippen LogP contribution in [0.2, 0.25) is 0 Å². The summed E-state index contributed by atoms with van der Waals surface area (Å²) in [5, 5.41) is 3.04. The molecular weight excluding hydrogens is 290 g/mol. The van der Waals surface area contributed by atoms with E-state index in [0.29, 0.717) is 5.75 Å². The molecule has 1 amide bonds. The molecule has 4 nitrogen and oxygen atoms in total. The fourth-order valence-electron chi connectivity index (χ4n) is 2.31. The average Bonchev–Trinajstić information content (AvgIpc) is 2.60. The van der Waals surface area contributed by atoms with E-state index in [1.165, 1.54) is 0 Å². The Kier molecular flexibility index (Phi) is 6.03. The Hall–Kier alpha value is -2.49. The normalized spacial score (nSPS) is 13.0. The van der Waals surface area contributed by atoms with Crippen LogP contribution >= 0.6 is 0 Å². The molecule has 0 unspecified atom stereocenters. The molecule has 0 heterocycles. The van der Waals surface area contributed by atoms with Crippen LogP contribution in [0.5, 0.6) is 11.5 Å². The van der Waals surface area contributed by atoms with Crippen molar-refractivity contribution >= 4 is 5.91 Å². The van der Waals surface area contributed by atoms with Gasteiger partial charge in [0.1, 0.15) is 11.5 Å². The van der Waals surface area contributed by atoms with Crippen molar-refractivity contribution < 1.29 is 14.3 Å². The van der Waals surface area contributed by atoms with Gasteiger partial charge in [0.05, 0.1) is 13.2 Å². The zero-order valence-electron chi connectivity index (χ0n) is 13.8. The lowest BCUT2D eigenvalue weighted by Crippen LogP contribution is -2.38. The highest BCUT2D eigenvalue weighted by Gasteiger charge is 2.19. The number of ether oxygens (including phenoxy) is 2. The van der Waals surface area contributed by atoms with E-state index in [1.54, 1.807) is 38.3 Å². The molecule has 0 spiro atoms. The molecule has 0 fully saturated rings. The first-order chi connectivity index (χ1) is 11.1. The predicted molar refractivity (Wildman–Crippen MR) is 90.7 cm³/mol. The number of rotatable bonds is 7. The number of methoxy groups -OCH3 is 1. The van der Waals surface area contributed by atoms with Crippen LogP contribution in [0.4, 0.5) is 0 Å². The molecule has 1 N–H and O–H groups in total. The SMILES string of the molecule is CC[C@@H](NC(=O)[C@@H](C)Oc1ccc(OC)cc1)c1ccccc1. The van der Waals surface area contributed by atoms with Crippen molar-refractivity contribution in [2.24, 2.45) is 0 Å². The molecule has 0 saturated carbocycles. The Morgan fingerprint density at radius 2 is 1.65 bits per heavy atom. The highest BCUT2D eigenvalue weighted by molar-refractivity contribution is 5.81. The van der Waals surface area contributed by atoms with Gasteiger partial charge in [0.15, 0.2) is 6.10 Å². The van der Waals surface area contributed by atoms with Crippen LogP contribution in [0.3, 0.4) is 0 Å². The van der Waals surface area contributed by atoms with Crippen molar-refractivity contribution in [3.05, 3.63) is 60.2 Å². The van der Waals surface area contributed by atoms with Crippen molar-refractivity contribution in [3.63, 3.8) is 0 Å². The number of benzene rings is 2. The van der Waals surface area contributed by atoms with E-state index in [0.717, 1.165) is 17.7 Å². The zero-order valence-corrected chi connectivity index (χ0v) is 13.8. The van der Waals surface area contributed by atoms with Crippen LogP contribution in [0.1, 0.15) is 31.9 Å². The molecule has 122 valence electrons. The van der Waals surface area contributed by atoms with Crippen molar-refractivity contribution in [1.29, 1.82) is 0 Å². The second-order valence-corrected chi connectivity index (χ2v) is 5.32. The monoisotopic (exact) mass is 313 g/mol. The Morgan fingerprint density at radius 1 is 1.04 bits per heavy atom. The minimum absolute atomic E-state index is 0.00869. The first kappa shape index (κ1) is 16.9. The fraction of sp³-hybridized carbons (Fsp3) is 0.316. The summed E-state index contributed by atoms with van der Waals surface area (Å²) in [7, 11) is 1.61. The molecule has 2 rings (SSSR count). The van der Waals surface area contributed by atoms with E-state index in [1.807, 2.05) is 37.3 Å². The van der Waals surface area contributed by atoms with E-state index < -0.39 is 6.10 Å². The molecule has 0 aromatic heterocycles. The lowest BCUT2D eigenvalue weighted by molar-refractivity contribution is -0.128. The first-order valence-corrected chi connectivity index (χ1v) is 7.80. The summed E-state index contributed by atoms with van der Waals surface area (Å²) in [6, 6.07) is 17.1. The summed E-state index contributed by atoms with van der Waals surface area (Å²) < 4.78 is 10.8. The lowest BCUT2D eigenvalue weighted by atomic mass is 10.0. The molecule has 0 aliphatic rings. The second kappa shape index (κ2) is 8.22. The molecule has 23 heavy (non-hydrogen) atoms. The quantitative estimate of drug-likeness (QED) is 0.847. The Bertz CT molecular complexity index is 610. The number of carbonyl (C=O) groups is 1. The maximum absolute atomic E-state index is 12.4. The first-order valence-electron chi connectivity index (χ1n) is 7.80. The van der Waals surface area contributed by atoms with Gasteiger partial charge in [0.25, 0.3) is 5.91 Å². The number of nitrogens with one attached hydrogen (secondary N) is 1. The maximum atomic E-state index is 12.4. The van der Waals surface area contributed by atoms with Gasteiger partial charge in [-0.15, -0.1) is 0 Å². The van der Waals surface area contributed by atoms with Crippen LogP contribution in [0, 0.1) is 0 Å². The van der Waals surface area contributed by atoms with Gasteiger partial charge in [-0.3, -0.25) is 4.79 Å². The van der Waals surface area contributed by atoms with Gasteiger partial charge in [-0.25, -0.2) is 0 Å². The number of carbonyl (C=O) groups excluding carboxylic acids is 1. The largest absolute Gasteiger partial charge is 0.497 e. The molecule has 2 aromatic rings. The zero-order chi connectivity index (χ0) is 16.7. The fourth-order valence-corrected chi connectivity index (χ4v) is 2.31. The molecular formula is C19H23NO3. The van der Waals surface area contributed by atoms with Crippen LogP contribution in [0.15, 0.2) is 54.6 Å². The van der Waals surface area contributed by atoms with Crippen molar-refractivity contribution in [3.8, 4) is 11.5 Å². The predicted octanol–water partition coefficient (Wildman–Crippen LogP) is 3.73. The molecule has 0 aliphatic heterocycles. The molecule has 0 aliphatic carbocycles. The summed E-state index contributed by atoms with van der Waals surface area (Å²) in [5.74, 6) is 1.27. The van der Waals surface area contributed by atoms with E-state index in [-0.39, 0.29) is 11.9 Å². The van der Waals surface area contributed by atoms with E-state index in [9.17, 15) is 4.79 Å². The topological polar surface area (TPSA) is 47.6 Å². The average molecular weight is 313 g/mol. The van der Waals surface area contributed by atoms with Crippen LogP contribution in [-0.2, 0) is 4.79 Å². The van der Waals surface area contributed by atoms with Crippen LogP contribution in [0.25, 0.3) is 0 Å². The van der Waals surface area contributed by atoms with Crippen LogP contribution in [-0.4, -0.2) is 19.1 Å². The number of amides is 1. The molecule has 2 aromatic carbocycles. The van der Waals surface area contributed by atoms with Crippen molar-refractivity contribution in [2.45, 2.75) is 32.4 Å². The van der Waals surface area contributed by atoms with Gasteiger partial charge in [-0.2, -0.15) is 0 Å². The summed E-state index contributed by atoms with van der Waals surface area (Å²) in [5.41, 5.74) is 1.10. The van der Waals surface area contributed by atoms with Crippen molar-refractivity contribution in [1.82, 2.24) is 5.32 Å². The molecule has 0 radical (unpaired) electrons. The molecule has 4 heteroatoms. The second-order valence-electron chi connectivity index (χ2n) is 5.32. The third-order valence-electron chi connectivity index (χ3n) is 3.67. The third-order valence-corrected chi connectivity index (χ3v) is 3.67. The maximum Gasteiger partial charge on any atom is 0.261 e. The molecule has 0 bridgehead atoms. The Balaban J connectivity index is 1.95. The van der Waals surface area contributed by atoms with Gasteiger partial charge in [-0.1, -0.05) is 37.3 Å². The number of hydrogen-bond acceptors (Lipinski definition) is 3. The standard InChI is InChI=1S/C19H23NO3/c1-4-18(15-8-6-5-7-9-15)20-19(21)14(2)23-17-12-10-16(22-3)11-13-17/h5-14,18H,4H2,1-3H3,(H,20,21)/t14-,18-/m1/s1. The van der Waals surface area contributed by atoms with Crippen LogP contribution < -0.4 is 14.8 Å². The summed E-state index contributed by atoms with van der Waals surface area (Å²) in [6.07, 6.45) is 0.256. The summed E-state index contributed by atoms with van der Waals surface area (Å²) >= 11 is 0. The summed E-state index contributed by atoms with van der Waals surface area (Å²) in [6.45, 7) is 3.80. The van der Waals surface area contributed by atoms with Gasteiger partial charge in [0, 0.05) is 0 Å².